The summed E-state index contributed by atoms with van der Waals surface area (Å²) in [4.78, 5) is 23.4. The molecule has 1 unspecified atom stereocenters. The van der Waals surface area contributed by atoms with Gasteiger partial charge in [0.25, 0.3) is 0 Å². The Morgan fingerprint density at radius 3 is 2.71 bits per heavy atom. The average molecular weight is 315 g/mol. The van der Waals surface area contributed by atoms with E-state index >= 15 is 0 Å². The average Bonchev–Trinajstić information content (AvgIpc) is 2.48. The summed E-state index contributed by atoms with van der Waals surface area (Å²) in [5.41, 5.74) is 6.40. The topological polar surface area (TPSA) is 90.6 Å². The molecule has 1 aromatic rings. The fourth-order valence-corrected chi connectivity index (χ4v) is 1.83. The first-order valence-corrected chi connectivity index (χ1v) is 6.80. The molecule has 0 saturated carbocycles. The smallest absolute Gasteiger partial charge is 0.337 e. The second kappa shape index (κ2) is 8.61. The summed E-state index contributed by atoms with van der Waals surface area (Å²) >= 11 is 5.99. The summed E-state index contributed by atoms with van der Waals surface area (Å²) < 4.78 is 9.52. The first-order chi connectivity index (χ1) is 9.99. The van der Waals surface area contributed by atoms with Crippen LogP contribution in [0.25, 0.3) is 0 Å². The summed E-state index contributed by atoms with van der Waals surface area (Å²) in [6.45, 7) is 0.541. The quantitative estimate of drug-likeness (QED) is 0.592. The maximum Gasteiger partial charge on any atom is 0.337 e. The number of nitrogens with one attached hydrogen (secondary N) is 1. The summed E-state index contributed by atoms with van der Waals surface area (Å²) in [6.07, 6.45) is 1.18. The summed E-state index contributed by atoms with van der Waals surface area (Å²) in [5.74, 6) is -0.874. The minimum Gasteiger partial charge on any atom is -0.465 e. The van der Waals surface area contributed by atoms with Gasteiger partial charge in [-0.1, -0.05) is 11.6 Å². The zero-order valence-corrected chi connectivity index (χ0v) is 12.8. The zero-order chi connectivity index (χ0) is 15.8. The van der Waals surface area contributed by atoms with Gasteiger partial charge in [0, 0.05) is 13.7 Å². The van der Waals surface area contributed by atoms with E-state index < -0.39 is 12.0 Å². The van der Waals surface area contributed by atoms with Crippen molar-refractivity contribution in [1.29, 1.82) is 0 Å². The zero-order valence-electron chi connectivity index (χ0n) is 12.0. The predicted octanol–water partition coefficient (Wildman–Crippen LogP) is 1.82. The molecule has 0 saturated heterocycles. The van der Waals surface area contributed by atoms with Gasteiger partial charge in [0.1, 0.15) is 0 Å². The first-order valence-electron chi connectivity index (χ1n) is 6.42. The first kappa shape index (κ1) is 17.4. The van der Waals surface area contributed by atoms with Crippen molar-refractivity contribution in [1.82, 2.24) is 0 Å². The van der Waals surface area contributed by atoms with Crippen LogP contribution in [-0.4, -0.2) is 38.7 Å². The lowest BCUT2D eigenvalue weighted by Gasteiger charge is -2.13. The highest BCUT2D eigenvalue weighted by molar-refractivity contribution is 6.33. The van der Waals surface area contributed by atoms with E-state index in [4.69, 9.17) is 22.1 Å². The van der Waals surface area contributed by atoms with Gasteiger partial charge in [0.15, 0.2) is 0 Å². The Bertz CT molecular complexity index is 508. The molecule has 3 N–H and O–H groups in total. The van der Waals surface area contributed by atoms with E-state index in [0.29, 0.717) is 35.7 Å². The molecule has 7 heteroatoms. The molecule has 0 spiro atoms. The van der Waals surface area contributed by atoms with E-state index in [9.17, 15) is 9.59 Å². The van der Waals surface area contributed by atoms with Crippen LogP contribution in [-0.2, 0) is 14.3 Å². The van der Waals surface area contributed by atoms with Crippen molar-refractivity contribution in [3.8, 4) is 0 Å². The van der Waals surface area contributed by atoms with Crippen LogP contribution in [0.2, 0.25) is 5.02 Å². The van der Waals surface area contributed by atoms with Crippen LogP contribution in [0.1, 0.15) is 23.2 Å². The molecule has 0 aliphatic rings. The number of amides is 1. The third-order valence-electron chi connectivity index (χ3n) is 2.85. The van der Waals surface area contributed by atoms with E-state index in [1.54, 1.807) is 7.11 Å². The number of anilines is 1. The second-order valence-electron chi connectivity index (χ2n) is 4.42. The van der Waals surface area contributed by atoms with Gasteiger partial charge in [-0.05, 0) is 31.0 Å². The van der Waals surface area contributed by atoms with Gasteiger partial charge in [-0.15, -0.1) is 0 Å². The Morgan fingerprint density at radius 2 is 2.10 bits per heavy atom. The largest absolute Gasteiger partial charge is 0.465 e. The Labute approximate surface area is 128 Å². The van der Waals surface area contributed by atoms with Crippen molar-refractivity contribution in [2.75, 3.05) is 26.1 Å². The Morgan fingerprint density at radius 1 is 1.38 bits per heavy atom. The SMILES string of the molecule is COCCCC(N)C(=O)Nc1cc(C(=O)OC)ccc1Cl. The molecule has 0 radical (unpaired) electrons. The van der Waals surface area contributed by atoms with E-state index in [1.165, 1.54) is 25.3 Å². The van der Waals surface area contributed by atoms with Crippen molar-refractivity contribution in [3.05, 3.63) is 28.8 Å². The summed E-state index contributed by atoms with van der Waals surface area (Å²) in [5, 5.41) is 2.93. The molecule has 0 aliphatic carbocycles. The van der Waals surface area contributed by atoms with Crippen molar-refractivity contribution in [2.45, 2.75) is 18.9 Å². The predicted molar refractivity (Wildman–Crippen MR) is 80.5 cm³/mol. The molecule has 0 heterocycles. The fourth-order valence-electron chi connectivity index (χ4n) is 1.67. The van der Waals surface area contributed by atoms with Gasteiger partial charge < -0.3 is 20.5 Å². The summed E-state index contributed by atoms with van der Waals surface area (Å²) in [7, 11) is 2.87. The van der Waals surface area contributed by atoms with Crippen molar-refractivity contribution in [2.24, 2.45) is 5.73 Å². The maximum absolute atomic E-state index is 12.0. The van der Waals surface area contributed by atoms with Crippen LogP contribution >= 0.6 is 11.6 Å². The Kier molecular flexibility index (Phi) is 7.14. The van der Waals surface area contributed by atoms with Gasteiger partial charge in [-0.3, -0.25) is 4.79 Å². The molecule has 1 rings (SSSR count). The van der Waals surface area contributed by atoms with Crippen molar-refractivity contribution in [3.63, 3.8) is 0 Å². The fraction of sp³-hybridized carbons (Fsp3) is 0.429. The highest BCUT2D eigenvalue weighted by Crippen LogP contribution is 2.23. The lowest BCUT2D eigenvalue weighted by molar-refractivity contribution is -0.117. The van der Waals surface area contributed by atoms with E-state index in [1.807, 2.05) is 0 Å². The van der Waals surface area contributed by atoms with Gasteiger partial charge in [0.05, 0.1) is 29.4 Å². The number of benzene rings is 1. The number of esters is 1. The number of carbonyl (C=O) groups is 2. The molecule has 0 aliphatic heterocycles. The number of rotatable bonds is 7. The van der Waals surface area contributed by atoms with Gasteiger partial charge >= 0.3 is 5.97 Å². The second-order valence-corrected chi connectivity index (χ2v) is 4.82. The summed E-state index contributed by atoms with van der Waals surface area (Å²) in [6, 6.07) is 3.81. The molecule has 0 aromatic heterocycles. The third-order valence-corrected chi connectivity index (χ3v) is 3.18. The van der Waals surface area contributed by atoms with Crippen LogP contribution in [0.5, 0.6) is 0 Å². The minimum absolute atomic E-state index is 0.296. The maximum atomic E-state index is 12.0. The highest BCUT2D eigenvalue weighted by Gasteiger charge is 2.16. The van der Waals surface area contributed by atoms with Crippen LogP contribution in [0.3, 0.4) is 0 Å². The molecule has 1 amide bonds. The van der Waals surface area contributed by atoms with Crippen molar-refractivity contribution >= 4 is 29.2 Å². The lowest BCUT2D eigenvalue weighted by Crippen LogP contribution is -2.35. The van der Waals surface area contributed by atoms with Gasteiger partial charge in [0.2, 0.25) is 5.91 Å². The number of ether oxygens (including phenoxy) is 2. The minimum atomic E-state index is -0.669. The Balaban J connectivity index is 2.72. The number of hydrogen-bond acceptors (Lipinski definition) is 5. The van der Waals surface area contributed by atoms with E-state index in [0.717, 1.165) is 0 Å². The van der Waals surface area contributed by atoms with Crippen molar-refractivity contribution < 1.29 is 19.1 Å². The normalized spacial score (nSPS) is 11.8. The molecule has 116 valence electrons. The molecule has 0 fully saturated rings. The molecule has 1 atom stereocenters. The standard InChI is InChI=1S/C14H19ClN2O4/c1-20-7-3-4-11(16)13(18)17-12-8-9(14(19)21-2)5-6-10(12)15/h5-6,8,11H,3-4,7,16H2,1-2H3,(H,17,18). The molecule has 1 aromatic carbocycles. The van der Waals surface area contributed by atoms with Gasteiger partial charge in [-0.25, -0.2) is 4.79 Å². The molecular formula is C14H19ClN2O4. The number of carbonyl (C=O) groups excluding carboxylic acids is 2. The number of methoxy groups -OCH3 is 2. The molecule has 0 bridgehead atoms. The molecular weight excluding hydrogens is 296 g/mol. The van der Waals surface area contributed by atoms with Crippen LogP contribution in [0.15, 0.2) is 18.2 Å². The van der Waals surface area contributed by atoms with E-state index in [2.05, 4.69) is 10.1 Å². The van der Waals surface area contributed by atoms with Crippen LogP contribution < -0.4 is 11.1 Å². The van der Waals surface area contributed by atoms with E-state index in [-0.39, 0.29) is 5.91 Å². The number of hydrogen-bond donors (Lipinski definition) is 2. The van der Waals surface area contributed by atoms with Gasteiger partial charge in [-0.2, -0.15) is 0 Å². The molecule has 6 nitrogen and oxygen atoms in total. The molecule has 21 heavy (non-hydrogen) atoms. The number of nitrogens with two attached hydrogens (primary N) is 1. The Hall–Kier alpha value is -1.63. The lowest BCUT2D eigenvalue weighted by atomic mass is 10.1. The monoisotopic (exact) mass is 314 g/mol. The third kappa shape index (κ3) is 5.34. The number of halogens is 1. The van der Waals surface area contributed by atoms with Crippen LogP contribution in [0, 0.1) is 0 Å². The van der Waals surface area contributed by atoms with Crippen LogP contribution in [0.4, 0.5) is 5.69 Å². The highest BCUT2D eigenvalue weighted by atomic mass is 35.5.